The van der Waals surface area contributed by atoms with Crippen LogP contribution in [0.2, 0.25) is 0 Å². The van der Waals surface area contributed by atoms with Crippen molar-refractivity contribution in [1.82, 2.24) is 4.57 Å². The molecule has 0 saturated carbocycles. The molecule has 22 heavy (non-hydrogen) atoms. The fraction of sp³-hybridized carbons (Fsp3) is 0.150. The molecule has 2 heteroatoms. The van der Waals surface area contributed by atoms with Crippen LogP contribution < -0.4 is 0 Å². The molecule has 0 amide bonds. The molecule has 0 atom stereocenters. The summed E-state index contributed by atoms with van der Waals surface area (Å²) >= 11 is 0. The Bertz CT molecular complexity index is 718. The number of allylic oxidation sites excluding steroid dienone is 5. The summed E-state index contributed by atoms with van der Waals surface area (Å²) < 4.78 is 2.10. The van der Waals surface area contributed by atoms with Crippen LogP contribution in [0, 0.1) is 6.92 Å². The molecule has 1 aromatic carbocycles. The monoisotopic (exact) mass is 291 g/mol. The molecule has 0 unspecified atom stereocenters. The molecule has 0 N–H and O–H groups in total. The second-order valence-corrected chi connectivity index (χ2v) is 5.05. The third-order valence-electron chi connectivity index (χ3n) is 3.56. The lowest BCUT2D eigenvalue weighted by Gasteiger charge is -2.13. The number of carbonyl (C=O) groups excluding carboxylic acids is 1. The lowest BCUT2D eigenvalue weighted by molar-refractivity contribution is 0.112. The highest BCUT2D eigenvalue weighted by atomic mass is 16.1. The average Bonchev–Trinajstić information content (AvgIpc) is 2.89. The van der Waals surface area contributed by atoms with Crippen molar-refractivity contribution in [2.45, 2.75) is 20.3 Å². The van der Waals surface area contributed by atoms with Crippen molar-refractivity contribution in [1.29, 1.82) is 0 Å². The summed E-state index contributed by atoms with van der Waals surface area (Å²) in [5.41, 5.74) is 4.63. The molecular weight excluding hydrogens is 270 g/mol. The number of benzene rings is 1. The predicted molar refractivity (Wildman–Crippen MR) is 93.5 cm³/mol. The van der Waals surface area contributed by atoms with E-state index in [4.69, 9.17) is 0 Å². The Hall–Kier alpha value is -2.61. The van der Waals surface area contributed by atoms with Gasteiger partial charge in [-0.25, -0.2) is 0 Å². The standard InChI is InChI=1S/C20H21NO/c1-4-6-8-11-17(5-2)20-18(15-22)14-16(3)21(20)19-12-9-7-10-13-19/h4-7,9-15H,2,8H2,1,3H3/b6-4-,17-11?. The number of nitrogens with zero attached hydrogens (tertiary/aromatic N) is 1. The third-order valence-corrected chi connectivity index (χ3v) is 3.56. The summed E-state index contributed by atoms with van der Waals surface area (Å²) in [5, 5.41) is 0. The van der Waals surface area contributed by atoms with E-state index in [2.05, 4.69) is 23.3 Å². The minimum atomic E-state index is 0.688. The normalized spacial score (nSPS) is 11.8. The van der Waals surface area contributed by atoms with Gasteiger partial charge in [0.25, 0.3) is 0 Å². The Morgan fingerprint density at radius 3 is 2.59 bits per heavy atom. The smallest absolute Gasteiger partial charge is 0.152 e. The van der Waals surface area contributed by atoms with E-state index in [1.807, 2.05) is 62.4 Å². The number of carbonyl (C=O) groups is 1. The number of hydrogen-bond donors (Lipinski definition) is 0. The van der Waals surface area contributed by atoms with E-state index in [9.17, 15) is 4.79 Å². The van der Waals surface area contributed by atoms with Crippen molar-refractivity contribution in [2.75, 3.05) is 0 Å². The fourth-order valence-corrected chi connectivity index (χ4v) is 2.57. The molecule has 112 valence electrons. The van der Waals surface area contributed by atoms with Crippen LogP contribution >= 0.6 is 0 Å². The highest BCUT2D eigenvalue weighted by Gasteiger charge is 2.15. The molecule has 2 aromatic rings. The second kappa shape index (κ2) is 7.41. The average molecular weight is 291 g/mol. The van der Waals surface area contributed by atoms with Gasteiger partial charge in [0.2, 0.25) is 0 Å². The molecule has 0 aliphatic rings. The third kappa shape index (κ3) is 3.17. The molecule has 1 aromatic heterocycles. The molecule has 0 aliphatic heterocycles. The lowest BCUT2D eigenvalue weighted by Crippen LogP contribution is -2.02. The maximum atomic E-state index is 11.5. The van der Waals surface area contributed by atoms with Gasteiger partial charge < -0.3 is 4.57 Å². The zero-order valence-electron chi connectivity index (χ0n) is 13.1. The number of aryl methyl sites for hydroxylation is 1. The maximum Gasteiger partial charge on any atom is 0.152 e. The summed E-state index contributed by atoms with van der Waals surface area (Å²) in [6.07, 6.45) is 9.72. The number of aldehydes is 1. The zero-order valence-corrected chi connectivity index (χ0v) is 13.1. The Morgan fingerprint density at radius 2 is 2.00 bits per heavy atom. The first kappa shape index (κ1) is 15.8. The van der Waals surface area contributed by atoms with Crippen LogP contribution in [-0.2, 0) is 0 Å². The van der Waals surface area contributed by atoms with Crippen molar-refractivity contribution in [2.24, 2.45) is 0 Å². The molecule has 0 radical (unpaired) electrons. The Morgan fingerprint density at radius 1 is 1.27 bits per heavy atom. The molecule has 0 bridgehead atoms. The van der Waals surface area contributed by atoms with Gasteiger partial charge in [-0.2, -0.15) is 0 Å². The molecule has 1 heterocycles. The molecule has 0 spiro atoms. The zero-order chi connectivity index (χ0) is 15.9. The number of aromatic nitrogens is 1. The summed E-state index contributed by atoms with van der Waals surface area (Å²) in [7, 11) is 0. The Balaban J connectivity index is 2.65. The van der Waals surface area contributed by atoms with Crippen LogP contribution in [0.5, 0.6) is 0 Å². The van der Waals surface area contributed by atoms with Crippen LogP contribution in [-0.4, -0.2) is 10.9 Å². The highest BCUT2D eigenvalue weighted by molar-refractivity contribution is 5.88. The molecule has 2 rings (SSSR count). The van der Waals surface area contributed by atoms with E-state index in [0.29, 0.717) is 5.56 Å². The van der Waals surface area contributed by atoms with Gasteiger partial charge in [-0.15, -0.1) is 0 Å². The SMILES string of the molecule is C=CC(=CC/C=C\C)c1c(C=O)cc(C)n1-c1ccccc1. The summed E-state index contributed by atoms with van der Waals surface area (Å²) in [6.45, 7) is 7.92. The Kier molecular flexibility index (Phi) is 5.31. The van der Waals surface area contributed by atoms with Crippen LogP contribution in [0.1, 0.15) is 35.1 Å². The largest absolute Gasteiger partial charge is 0.313 e. The van der Waals surface area contributed by atoms with Gasteiger partial charge in [0, 0.05) is 16.9 Å². The first-order chi connectivity index (χ1) is 10.7. The topological polar surface area (TPSA) is 22.0 Å². The van der Waals surface area contributed by atoms with Gasteiger partial charge >= 0.3 is 0 Å². The molecule has 0 saturated heterocycles. The molecular formula is C20H21NO. The van der Waals surface area contributed by atoms with Crippen LogP contribution in [0.4, 0.5) is 0 Å². The van der Waals surface area contributed by atoms with Crippen molar-refractivity contribution in [3.8, 4) is 5.69 Å². The minimum absolute atomic E-state index is 0.688. The van der Waals surface area contributed by atoms with E-state index in [1.54, 1.807) is 0 Å². The summed E-state index contributed by atoms with van der Waals surface area (Å²) in [4.78, 5) is 11.5. The van der Waals surface area contributed by atoms with Gasteiger partial charge in [-0.3, -0.25) is 4.79 Å². The van der Waals surface area contributed by atoms with Crippen molar-refractivity contribution >= 4 is 11.9 Å². The van der Waals surface area contributed by atoms with E-state index in [-0.39, 0.29) is 0 Å². The van der Waals surface area contributed by atoms with Crippen LogP contribution in [0.3, 0.4) is 0 Å². The molecule has 0 fully saturated rings. The highest BCUT2D eigenvalue weighted by Crippen LogP contribution is 2.27. The van der Waals surface area contributed by atoms with E-state index >= 15 is 0 Å². The lowest BCUT2D eigenvalue weighted by atomic mass is 10.1. The molecule has 0 aliphatic carbocycles. The predicted octanol–water partition coefficient (Wildman–Crippen LogP) is 5.13. The minimum Gasteiger partial charge on any atom is -0.313 e. The Labute approximate surface area is 132 Å². The fourth-order valence-electron chi connectivity index (χ4n) is 2.57. The second-order valence-electron chi connectivity index (χ2n) is 5.05. The first-order valence-corrected chi connectivity index (χ1v) is 7.40. The summed E-state index contributed by atoms with van der Waals surface area (Å²) in [6, 6.07) is 12.0. The van der Waals surface area contributed by atoms with Gasteiger partial charge in [0.05, 0.1) is 5.69 Å². The number of hydrogen-bond acceptors (Lipinski definition) is 1. The van der Waals surface area contributed by atoms with Gasteiger partial charge in [0.1, 0.15) is 0 Å². The van der Waals surface area contributed by atoms with Crippen LogP contribution in [0.25, 0.3) is 11.3 Å². The first-order valence-electron chi connectivity index (χ1n) is 7.40. The van der Waals surface area contributed by atoms with Crippen molar-refractivity contribution in [3.63, 3.8) is 0 Å². The number of rotatable bonds is 6. The summed E-state index contributed by atoms with van der Waals surface area (Å²) in [5.74, 6) is 0. The maximum absolute atomic E-state index is 11.5. The number of para-hydroxylation sites is 1. The van der Waals surface area contributed by atoms with Gasteiger partial charge in [-0.1, -0.05) is 49.1 Å². The van der Waals surface area contributed by atoms with E-state index < -0.39 is 0 Å². The van der Waals surface area contributed by atoms with Gasteiger partial charge in [-0.05, 0) is 44.0 Å². The van der Waals surface area contributed by atoms with Crippen molar-refractivity contribution < 1.29 is 4.79 Å². The van der Waals surface area contributed by atoms with Gasteiger partial charge in [0.15, 0.2) is 6.29 Å². The quantitative estimate of drug-likeness (QED) is 0.410. The van der Waals surface area contributed by atoms with E-state index in [1.165, 1.54) is 0 Å². The van der Waals surface area contributed by atoms with E-state index in [0.717, 1.165) is 35.4 Å². The molecule has 2 nitrogen and oxygen atoms in total. The van der Waals surface area contributed by atoms with Crippen molar-refractivity contribution in [3.05, 3.63) is 84.2 Å². The van der Waals surface area contributed by atoms with Crippen LogP contribution in [0.15, 0.2) is 67.3 Å².